The Morgan fingerprint density at radius 3 is 3.00 bits per heavy atom. The largest absolute Gasteiger partial charge is 0.388 e. The van der Waals surface area contributed by atoms with Crippen molar-refractivity contribution >= 4 is 17.3 Å². The highest BCUT2D eigenvalue weighted by Crippen LogP contribution is 2.29. The van der Waals surface area contributed by atoms with Crippen molar-refractivity contribution in [1.82, 2.24) is 9.97 Å². The molecule has 0 amide bonds. The maximum Gasteiger partial charge on any atom is 0.223 e. The molecule has 110 valence electrons. The highest BCUT2D eigenvalue weighted by Gasteiger charge is 2.47. The molecule has 2 aromatic rings. The summed E-state index contributed by atoms with van der Waals surface area (Å²) >= 11 is 1.64. The Bertz CT molecular complexity index is 622. The minimum absolute atomic E-state index is 0.0364. The van der Waals surface area contributed by atoms with E-state index in [0.29, 0.717) is 19.2 Å². The Labute approximate surface area is 125 Å². The quantitative estimate of drug-likeness (QED) is 0.886. The Balaban J connectivity index is 1.52. The maximum atomic E-state index is 9.74. The van der Waals surface area contributed by atoms with Crippen LogP contribution in [0.15, 0.2) is 29.8 Å². The molecule has 7 heteroatoms. The second kappa shape index (κ2) is 5.34. The second-order valence-corrected chi connectivity index (χ2v) is 6.10. The van der Waals surface area contributed by atoms with Gasteiger partial charge in [-0.1, -0.05) is 6.07 Å². The third-order valence-corrected chi connectivity index (χ3v) is 4.66. The molecular formula is C14H15N3O3S. The summed E-state index contributed by atoms with van der Waals surface area (Å²) < 4.78 is 11.2. The molecule has 0 aromatic carbocycles. The molecule has 4 rings (SSSR count). The zero-order valence-corrected chi connectivity index (χ0v) is 12.0. The van der Waals surface area contributed by atoms with Crippen molar-refractivity contribution in [2.75, 3.05) is 18.5 Å². The predicted molar refractivity (Wildman–Crippen MR) is 78.2 cm³/mol. The van der Waals surface area contributed by atoms with Gasteiger partial charge in [0.05, 0.1) is 29.8 Å². The Morgan fingerprint density at radius 2 is 2.14 bits per heavy atom. The minimum atomic E-state index is -0.542. The molecular weight excluding hydrogens is 290 g/mol. The number of aliphatic hydroxyl groups is 1. The van der Waals surface area contributed by atoms with E-state index in [-0.39, 0.29) is 18.2 Å². The zero-order chi connectivity index (χ0) is 14.2. The summed E-state index contributed by atoms with van der Waals surface area (Å²) in [6, 6.07) is 5.88. The Hall–Kier alpha value is -1.54. The first-order valence-electron chi connectivity index (χ1n) is 6.86. The second-order valence-electron chi connectivity index (χ2n) is 5.16. The number of nitrogens with one attached hydrogen (secondary N) is 1. The first kappa shape index (κ1) is 13.1. The topological polar surface area (TPSA) is 76.5 Å². The predicted octanol–water partition coefficient (Wildman–Crippen LogP) is 1.14. The van der Waals surface area contributed by atoms with Crippen LogP contribution >= 0.6 is 11.3 Å². The standard InChI is InChI=1S/C14H15N3O3S/c18-10-7-20-12-9(6-19-13(10)12)17-14-15-4-3-8(16-14)11-2-1-5-21-11/h1-5,9-10,12-13,18H,6-7H2,(H,15,16,17)/t9-,10+,12+,13+/m0/s1. The first-order chi connectivity index (χ1) is 10.3. The fraction of sp³-hybridized carbons (Fsp3) is 0.429. The van der Waals surface area contributed by atoms with Crippen LogP contribution in [0.25, 0.3) is 10.6 Å². The molecule has 0 bridgehead atoms. The van der Waals surface area contributed by atoms with Gasteiger partial charge in [-0.15, -0.1) is 11.3 Å². The lowest BCUT2D eigenvalue weighted by Crippen LogP contribution is -2.36. The number of fused-ring (bicyclic) bond motifs is 1. The van der Waals surface area contributed by atoms with Gasteiger partial charge in [0.15, 0.2) is 0 Å². The molecule has 0 saturated carbocycles. The summed E-state index contributed by atoms with van der Waals surface area (Å²) in [6.07, 6.45) is 0.805. The lowest BCUT2D eigenvalue weighted by Gasteiger charge is -2.17. The molecule has 6 nitrogen and oxygen atoms in total. The number of hydrogen-bond donors (Lipinski definition) is 2. The van der Waals surface area contributed by atoms with Crippen molar-refractivity contribution in [2.45, 2.75) is 24.4 Å². The van der Waals surface area contributed by atoms with Gasteiger partial charge in [-0.2, -0.15) is 0 Å². The van der Waals surface area contributed by atoms with Crippen molar-refractivity contribution in [3.05, 3.63) is 29.8 Å². The number of anilines is 1. The average Bonchev–Trinajstić information content (AvgIpc) is 3.21. The van der Waals surface area contributed by atoms with Gasteiger partial charge in [-0.05, 0) is 17.5 Å². The number of rotatable bonds is 3. The fourth-order valence-electron chi connectivity index (χ4n) is 2.76. The summed E-state index contributed by atoms with van der Waals surface area (Å²) in [5.41, 5.74) is 0.894. The highest BCUT2D eigenvalue weighted by atomic mass is 32.1. The maximum absolute atomic E-state index is 9.74. The van der Waals surface area contributed by atoms with E-state index in [1.807, 2.05) is 23.6 Å². The minimum Gasteiger partial charge on any atom is -0.388 e. The molecule has 0 aliphatic carbocycles. The molecule has 0 spiro atoms. The van der Waals surface area contributed by atoms with E-state index >= 15 is 0 Å². The van der Waals surface area contributed by atoms with Crippen LogP contribution in [-0.2, 0) is 9.47 Å². The fourth-order valence-corrected chi connectivity index (χ4v) is 3.45. The van der Waals surface area contributed by atoms with Crippen molar-refractivity contribution in [3.8, 4) is 10.6 Å². The van der Waals surface area contributed by atoms with Gasteiger partial charge < -0.3 is 19.9 Å². The third-order valence-electron chi connectivity index (χ3n) is 3.77. The lowest BCUT2D eigenvalue weighted by atomic mass is 10.1. The highest BCUT2D eigenvalue weighted by molar-refractivity contribution is 7.13. The molecule has 4 heterocycles. The van der Waals surface area contributed by atoms with Gasteiger partial charge in [0.1, 0.15) is 18.3 Å². The van der Waals surface area contributed by atoms with Crippen molar-refractivity contribution < 1.29 is 14.6 Å². The number of aromatic nitrogens is 2. The van der Waals surface area contributed by atoms with E-state index in [1.165, 1.54) is 0 Å². The van der Waals surface area contributed by atoms with E-state index < -0.39 is 6.10 Å². The van der Waals surface area contributed by atoms with Crippen LogP contribution in [-0.4, -0.2) is 52.6 Å². The SMILES string of the molecule is O[C@@H]1CO[C@H]2[C@@H]1OC[C@@H]2Nc1nccc(-c2cccs2)n1. The molecule has 0 unspecified atom stereocenters. The summed E-state index contributed by atoms with van der Waals surface area (Å²) in [6.45, 7) is 0.808. The van der Waals surface area contributed by atoms with Crippen LogP contribution in [0.5, 0.6) is 0 Å². The van der Waals surface area contributed by atoms with E-state index in [1.54, 1.807) is 17.5 Å². The molecule has 2 N–H and O–H groups in total. The van der Waals surface area contributed by atoms with Crippen LogP contribution in [0.3, 0.4) is 0 Å². The van der Waals surface area contributed by atoms with Crippen LogP contribution in [0.1, 0.15) is 0 Å². The first-order valence-corrected chi connectivity index (χ1v) is 7.74. The molecule has 2 aliphatic heterocycles. The number of aliphatic hydroxyl groups excluding tert-OH is 1. The van der Waals surface area contributed by atoms with Crippen molar-refractivity contribution in [1.29, 1.82) is 0 Å². The van der Waals surface area contributed by atoms with Crippen molar-refractivity contribution in [3.63, 3.8) is 0 Å². The smallest absolute Gasteiger partial charge is 0.223 e. The Morgan fingerprint density at radius 1 is 1.24 bits per heavy atom. The molecule has 2 fully saturated rings. The third kappa shape index (κ3) is 2.42. The van der Waals surface area contributed by atoms with Gasteiger partial charge in [0, 0.05) is 6.20 Å². The monoisotopic (exact) mass is 305 g/mol. The molecule has 4 atom stereocenters. The summed E-state index contributed by atoms with van der Waals surface area (Å²) in [7, 11) is 0. The number of nitrogens with zero attached hydrogens (tertiary/aromatic N) is 2. The molecule has 2 saturated heterocycles. The normalized spacial score (nSPS) is 31.3. The molecule has 2 aliphatic rings. The lowest BCUT2D eigenvalue weighted by molar-refractivity contribution is 0.0184. The van der Waals surface area contributed by atoms with Crippen LogP contribution in [0.2, 0.25) is 0 Å². The van der Waals surface area contributed by atoms with Gasteiger partial charge in [0.2, 0.25) is 5.95 Å². The summed E-state index contributed by atoms with van der Waals surface area (Å²) in [4.78, 5) is 9.89. The molecule has 21 heavy (non-hydrogen) atoms. The number of ether oxygens (including phenoxy) is 2. The summed E-state index contributed by atoms with van der Waals surface area (Å²) in [5, 5.41) is 15.0. The van der Waals surface area contributed by atoms with Gasteiger partial charge >= 0.3 is 0 Å². The van der Waals surface area contributed by atoms with Gasteiger partial charge in [-0.25, -0.2) is 9.97 Å². The van der Waals surface area contributed by atoms with Gasteiger partial charge in [0.25, 0.3) is 0 Å². The van der Waals surface area contributed by atoms with E-state index in [4.69, 9.17) is 9.47 Å². The average molecular weight is 305 g/mol. The molecule has 0 radical (unpaired) electrons. The van der Waals surface area contributed by atoms with E-state index in [9.17, 15) is 5.11 Å². The number of hydrogen-bond acceptors (Lipinski definition) is 7. The zero-order valence-electron chi connectivity index (χ0n) is 11.2. The number of thiophene rings is 1. The van der Waals surface area contributed by atoms with E-state index in [2.05, 4.69) is 15.3 Å². The van der Waals surface area contributed by atoms with Crippen LogP contribution in [0, 0.1) is 0 Å². The Kier molecular flexibility index (Phi) is 3.34. The van der Waals surface area contributed by atoms with E-state index in [0.717, 1.165) is 10.6 Å². The van der Waals surface area contributed by atoms with Crippen LogP contribution in [0.4, 0.5) is 5.95 Å². The van der Waals surface area contributed by atoms with Crippen molar-refractivity contribution in [2.24, 2.45) is 0 Å². The summed E-state index contributed by atoms with van der Waals surface area (Å²) in [5.74, 6) is 0.556. The molecule has 2 aromatic heterocycles. The van der Waals surface area contributed by atoms with Crippen LogP contribution < -0.4 is 5.32 Å². The van der Waals surface area contributed by atoms with Gasteiger partial charge in [-0.3, -0.25) is 0 Å².